The van der Waals surface area contributed by atoms with Crippen molar-refractivity contribution in [3.63, 3.8) is 0 Å². The molecule has 1 rings (SSSR count). The molecule has 0 spiro atoms. The van der Waals surface area contributed by atoms with Crippen molar-refractivity contribution in [2.75, 3.05) is 0 Å². The lowest BCUT2D eigenvalue weighted by molar-refractivity contribution is -0.387. The maximum Gasteiger partial charge on any atom is 0.305 e. The smallest absolute Gasteiger partial charge is 0.258 e. The second-order valence-electron chi connectivity index (χ2n) is 2.98. The van der Waals surface area contributed by atoms with Gasteiger partial charge in [0.15, 0.2) is 0 Å². The Kier molecular flexibility index (Phi) is 2.97. The zero-order valence-corrected chi connectivity index (χ0v) is 7.84. The van der Waals surface area contributed by atoms with Gasteiger partial charge in [-0.3, -0.25) is 10.1 Å². The monoisotopic (exact) mass is 219 g/mol. The molecular weight excluding hydrogens is 211 g/mol. The minimum absolute atomic E-state index is 0.490. The van der Waals surface area contributed by atoms with E-state index in [2.05, 4.69) is 0 Å². The fourth-order valence-corrected chi connectivity index (χ4v) is 1.08. The number of rotatable bonds is 3. The van der Waals surface area contributed by atoms with Crippen molar-refractivity contribution in [3.8, 4) is 0 Å². The second kappa shape index (κ2) is 3.88. The first-order valence-electron chi connectivity index (χ1n) is 4.20. The molecule has 0 saturated carbocycles. The van der Waals surface area contributed by atoms with Gasteiger partial charge in [-0.05, 0) is 12.1 Å². The zero-order chi connectivity index (χ0) is 11.6. The van der Waals surface area contributed by atoms with E-state index in [1.54, 1.807) is 0 Å². The molecule has 3 nitrogen and oxygen atoms in total. The number of nitrogens with zero attached hydrogens (tertiary/aromatic N) is 1. The van der Waals surface area contributed by atoms with Crippen molar-refractivity contribution in [2.24, 2.45) is 0 Å². The molecule has 0 aliphatic carbocycles. The lowest BCUT2D eigenvalue weighted by atomic mass is 10.1. The maximum absolute atomic E-state index is 13.1. The number of alkyl halides is 2. The fraction of sp³-hybridized carbons (Fsp3) is 0.333. The highest BCUT2D eigenvalue weighted by Gasteiger charge is 2.31. The third-order valence-corrected chi connectivity index (χ3v) is 2.01. The summed E-state index contributed by atoms with van der Waals surface area (Å²) in [6.45, 7) is 1.25. The zero-order valence-electron chi connectivity index (χ0n) is 7.84. The summed E-state index contributed by atoms with van der Waals surface area (Å²) in [5.41, 5.74) is -1.47. The summed E-state index contributed by atoms with van der Waals surface area (Å²) in [6, 6.07) is 2.10. The van der Waals surface area contributed by atoms with Crippen LogP contribution in [-0.2, 0) is 5.92 Å². The van der Waals surface area contributed by atoms with E-state index in [-0.39, 0.29) is 0 Å². The van der Waals surface area contributed by atoms with Crippen molar-refractivity contribution in [2.45, 2.75) is 19.3 Å². The van der Waals surface area contributed by atoms with Gasteiger partial charge in [0.1, 0.15) is 0 Å². The van der Waals surface area contributed by atoms with E-state index in [0.29, 0.717) is 12.1 Å². The van der Waals surface area contributed by atoms with Gasteiger partial charge in [0, 0.05) is 18.1 Å². The summed E-state index contributed by atoms with van der Waals surface area (Å²) in [5, 5.41) is 10.3. The molecule has 0 fully saturated rings. The summed E-state index contributed by atoms with van der Waals surface area (Å²) in [7, 11) is 0. The van der Waals surface area contributed by atoms with Crippen LogP contribution in [-0.4, -0.2) is 4.92 Å². The third-order valence-electron chi connectivity index (χ3n) is 2.01. The van der Waals surface area contributed by atoms with Crippen LogP contribution < -0.4 is 0 Å². The Morgan fingerprint density at radius 1 is 1.47 bits per heavy atom. The van der Waals surface area contributed by atoms with Gasteiger partial charge in [0.25, 0.3) is 5.92 Å². The molecule has 0 radical (unpaired) electrons. The Bertz CT molecular complexity index is 393. The number of benzene rings is 1. The summed E-state index contributed by atoms with van der Waals surface area (Å²) in [6.07, 6.45) is -0.490. The summed E-state index contributed by atoms with van der Waals surface area (Å²) >= 11 is 0. The van der Waals surface area contributed by atoms with Gasteiger partial charge in [-0.25, -0.2) is 8.78 Å². The van der Waals surface area contributed by atoms with Crippen molar-refractivity contribution in [1.29, 1.82) is 0 Å². The minimum Gasteiger partial charge on any atom is -0.258 e. The molecule has 0 heterocycles. The summed E-state index contributed by atoms with van der Waals surface area (Å²) < 4.78 is 39.1. The number of halogens is 3. The van der Waals surface area contributed by atoms with Crippen molar-refractivity contribution in [3.05, 3.63) is 39.7 Å². The predicted molar refractivity (Wildman–Crippen MR) is 47.2 cm³/mol. The van der Waals surface area contributed by atoms with E-state index >= 15 is 0 Å². The molecule has 15 heavy (non-hydrogen) atoms. The molecule has 0 unspecified atom stereocenters. The average molecular weight is 219 g/mol. The highest BCUT2D eigenvalue weighted by molar-refractivity contribution is 5.37. The first-order chi connectivity index (χ1) is 6.88. The number of nitro groups is 1. The van der Waals surface area contributed by atoms with Crippen LogP contribution in [0.15, 0.2) is 18.2 Å². The van der Waals surface area contributed by atoms with Crippen LogP contribution in [0.5, 0.6) is 0 Å². The van der Waals surface area contributed by atoms with Crippen LogP contribution in [0.25, 0.3) is 0 Å². The maximum atomic E-state index is 13.1. The quantitative estimate of drug-likeness (QED) is 0.578. The van der Waals surface area contributed by atoms with E-state index in [9.17, 15) is 23.3 Å². The summed E-state index contributed by atoms with van der Waals surface area (Å²) in [4.78, 5) is 9.29. The SMILES string of the molecule is CCC(F)(F)c1ccc(F)c([N+](=O)[O-])c1. The molecule has 0 aromatic heterocycles. The largest absolute Gasteiger partial charge is 0.305 e. The van der Waals surface area contributed by atoms with Gasteiger partial charge in [-0.15, -0.1) is 0 Å². The summed E-state index contributed by atoms with van der Waals surface area (Å²) in [5.74, 6) is -4.28. The highest BCUT2D eigenvalue weighted by Crippen LogP contribution is 2.33. The van der Waals surface area contributed by atoms with Crippen molar-refractivity contribution >= 4 is 5.69 Å². The average Bonchev–Trinajstić information content (AvgIpc) is 2.17. The molecule has 0 amide bonds. The van der Waals surface area contributed by atoms with E-state index < -0.39 is 34.3 Å². The molecule has 0 bridgehead atoms. The van der Waals surface area contributed by atoms with E-state index in [0.717, 1.165) is 6.07 Å². The number of nitro benzene ring substituents is 1. The number of hydrogen-bond donors (Lipinski definition) is 0. The molecule has 0 aliphatic rings. The van der Waals surface area contributed by atoms with Crippen molar-refractivity contribution < 1.29 is 18.1 Å². The molecule has 1 aromatic rings. The first-order valence-corrected chi connectivity index (χ1v) is 4.20. The Balaban J connectivity index is 3.25. The third kappa shape index (κ3) is 2.26. The van der Waals surface area contributed by atoms with Gasteiger partial charge in [-0.1, -0.05) is 6.92 Å². The normalized spacial score (nSPS) is 11.5. The standard InChI is InChI=1S/C9H8F3NO2/c1-2-9(11,12)6-3-4-7(10)8(5-6)13(14)15/h3-5H,2H2,1H3. The van der Waals surface area contributed by atoms with Crippen molar-refractivity contribution in [1.82, 2.24) is 0 Å². The molecule has 0 aliphatic heterocycles. The second-order valence-corrected chi connectivity index (χ2v) is 2.98. The topological polar surface area (TPSA) is 43.1 Å². The fourth-order valence-electron chi connectivity index (χ4n) is 1.08. The predicted octanol–water partition coefficient (Wildman–Crippen LogP) is 3.24. The van der Waals surface area contributed by atoms with Crippen LogP contribution in [0.4, 0.5) is 18.9 Å². The molecule has 82 valence electrons. The van der Waals surface area contributed by atoms with Crippen LogP contribution in [0.1, 0.15) is 18.9 Å². The van der Waals surface area contributed by atoms with Crippen LogP contribution >= 0.6 is 0 Å². The minimum atomic E-state index is -3.17. The Labute approximate surface area is 83.7 Å². The molecule has 1 aromatic carbocycles. The van der Waals surface area contributed by atoms with Gasteiger partial charge in [0.05, 0.1) is 4.92 Å². The first kappa shape index (κ1) is 11.5. The van der Waals surface area contributed by atoms with Gasteiger partial charge in [0.2, 0.25) is 5.82 Å². The molecule has 0 atom stereocenters. The van der Waals surface area contributed by atoms with Gasteiger partial charge >= 0.3 is 5.69 Å². The van der Waals surface area contributed by atoms with E-state index in [1.165, 1.54) is 6.92 Å². The highest BCUT2D eigenvalue weighted by atomic mass is 19.3. The lowest BCUT2D eigenvalue weighted by Crippen LogP contribution is -2.12. The molecule has 6 heteroatoms. The van der Waals surface area contributed by atoms with E-state index in [4.69, 9.17) is 0 Å². The van der Waals surface area contributed by atoms with Gasteiger partial charge in [-0.2, -0.15) is 4.39 Å². The Morgan fingerprint density at radius 3 is 2.53 bits per heavy atom. The van der Waals surface area contributed by atoms with Crippen LogP contribution in [0.2, 0.25) is 0 Å². The lowest BCUT2D eigenvalue weighted by Gasteiger charge is -2.13. The number of hydrogen-bond acceptors (Lipinski definition) is 2. The molecule has 0 N–H and O–H groups in total. The van der Waals surface area contributed by atoms with Crippen LogP contribution in [0, 0.1) is 15.9 Å². The van der Waals surface area contributed by atoms with E-state index in [1.807, 2.05) is 0 Å². The Morgan fingerprint density at radius 2 is 2.07 bits per heavy atom. The van der Waals surface area contributed by atoms with Gasteiger partial charge < -0.3 is 0 Å². The molecular formula is C9H8F3NO2. The Hall–Kier alpha value is -1.59. The molecule has 0 saturated heterocycles. The van der Waals surface area contributed by atoms with Crippen LogP contribution in [0.3, 0.4) is 0 Å².